The first-order valence-corrected chi connectivity index (χ1v) is 7.71. The topological polar surface area (TPSA) is 32.3 Å². The molecule has 3 nitrogen and oxygen atoms in total. The summed E-state index contributed by atoms with van der Waals surface area (Å²) in [6.45, 7) is 5.69. The van der Waals surface area contributed by atoms with Crippen molar-refractivity contribution in [2.24, 2.45) is 5.41 Å². The average molecular weight is 308 g/mol. The number of nitrogens with one attached hydrogen (secondary N) is 1. The highest BCUT2D eigenvalue weighted by Gasteiger charge is 2.21. The maximum Gasteiger partial charge on any atom is 0.261 e. The van der Waals surface area contributed by atoms with Gasteiger partial charge in [0.05, 0.1) is 4.88 Å². The van der Waals surface area contributed by atoms with Gasteiger partial charge in [0.15, 0.2) is 0 Å². The number of thiophene rings is 1. The molecular formula is C16H21FN2OS. The molecule has 21 heavy (non-hydrogen) atoms. The molecule has 0 saturated carbocycles. The first-order chi connectivity index (χ1) is 9.78. The molecule has 0 atom stereocenters. The van der Waals surface area contributed by atoms with Crippen LogP contribution in [0.25, 0.3) is 10.1 Å². The molecule has 114 valence electrons. The molecule has 5 heteroatoms. The van der Waals surface area contributed by atoms with Crippen molar-refractivity contribution in [1.82, 2.24) is 10.2 Å². The number of nitrogens with zero attached hydrogens (tertiary/aromatic N) is 1. The van der Waals surface area contributed by atoms with E-state index in [1.807, 2.05) is 20.2 Å². The summed E-state index contributed by atoms with van der Waals surface area (Å²) < 4.78 is 14.4. The quantitative estimate of drug-likeness (QED) is 0.918. The Bertz CT molecular complexity index is 649. The lowest BCUT2D eigenvalue weighted by atomic mass is 9.93. The molecule has 0 saturated heterocycles. The number of carbonyl (C=O) groups is 1. The van der Waals surface area contributed by atoms with Crippen molar-refractivity contribution in [3.63, 3.8) is 0 Å². The number of hydrogen-bond acceptors (Lipinski definition) is 3. The van der Waals surface area contributed by atoms with Crippen LogP contribution >= 0.6 is 11.3 Å². The molecule has 0 bridgehead atoms. The molecule has 0 aliphatic rings. The van der Waals surface area contributed by atoms with Gasteiger partial charge in [-0.15, -0.1) is 11.3 Å². The number of hydrogen-bond donors (Lipinski definition) is 1. The zero-order valence-corrected chi connectivity index (χ0v) is 13.7. The number of rotatable bonds is 5. The third-order valence-corrected chi connectivity index (χ3v) is 4.30. The molecule has 1 heterocycles. The fraction of sp³-hybridized carbons (Fsp3) is 0.438. The van der Waals surface area contributed by atoms with Crippen LogP contribution in [0.5, 0.6) is 0 Å². The van der Waals surface area contributed by atoms with Crippen LogP contribution < -0.4 is 5.32 Å². The minimum atomic E-state index is -0.282. The van der Waals surface area contributed by atoms with Gasteiger partial charge < -0.3 is 10.2 Å². The molecule has 0 fully saturated rings. The predicted molar refractivity (Wildman–Crippen MR) is 86.5 cm³/mol. The van der Waals surface area contributed by atoms with Gasteiger partial charge in [-0.25, -0.2) is 4.39 Å². The normalized spacial score (nSPS) is 12.1. The van der Waals surface area contributed by atoms with Gasteiger partial charge in [-0.05, 0) is 37.7 Å². The molecule has 1 amide bonds. The number of benzene rings is 1. The van der Waals surface area contributed by atoms with E-state index in [2.05, 4.69) is 24.1 Å². The first-order valence-electron chi connectivity index (χ1n) is 6.89. The summed E-state index contributed by atoms with van der Waals surface area (Å²) >= 11 is 1.32. The van der Waals surface area contributed by atoms with E-state index in [0.29, 0.717) is 16.8 Å². The van der Waals surface area contributed by atoms with Crippen molar-refractivity contribution in [2.75, 3.05) is 27.2 Å². The minimum Gasteiger partial charge on any atom is -0.351 e. The van der Waals surface area contributed by atoms with Crippen LogP contribution in [0.15, 0.2) is 24.3 Å². The SMILES string of the molecule is CN(C)CC(C)(C)CNC(=O)c1cc2c(F)cccc2s1. The van der Waals surface area contributed by atoms with Gasteiger partial charge in [0.1, 0.15) is 5.82 Å². The van der Waals surface area contributed by atoms with E-state index in [9.17, 15) is 9.18 Å². The van der Waals surface area contributed by atoms with Crippen molar-refractivity contribution in [1.29, 1.82) is 0 Å². The predicted octanol–water partition coefficient (Wildman–Crippen LogP) is 3.36. The lowest BCUT2D eigenvalue weighted by Crippen LogP contribution is -2.39. The Kier molecular flexibility index (Phi) is 4.64. The highest BCUT2D eigenvalue weighted by molar-refractivity contribution is 7.20. The zero-order valence-electron chi connectivity index (χ0n) is 12.9. The summed E-state index contributed by atoms with van der Waals surface area (Å²) in [7, 11) is 4.02. The Morgan fingerprint density at radius 2 is 2.10 bits per heavy atom. The van der Waals surface area contributed by atoms with Gasteiger partial charge in [-0.1, -0.05) is 19.9 Å². The summed E-state index contributed by atoms with van der Waals surface area (Å²) in [6, 6.07) is 6.53. The molecule has 1 aromatic heterocycles. The number of carbonyl (C=O) groups excluding carboxylic acids is 1. The standard InChI is InChI=1S/C16H21FN2OS/c1-16(2,10-19(3)4)9-18-15(20)14-8-11-12(17)6-5-7-13(11)21-14/h5-8H,9-10H2,1-4H3,(H,18,20). The lowest BCUT2D eigenvalue weighted by Gasteiger charge is -2.28. The van der Waals surface area contributed by atoms with E-state index < -0.39 is 0 Å². The van der Waals surface area contributed by atoms with E-state index in [1.165, 1.54) is 17.4 Å². The summed E-state index contributed by atoms with van der Waals surface area (Å²) in [5.74, 6) is -0.418. The zero-order chi connectivity index (χ0) is 15.6. The fourth-order valence-electron chi connectivity index (χ4n) is 2.46. The van der Waals surface area contributed by atoms with Crippen LogP contribution in [-0.2, 0) is 0 Å². The molecule has 0 unspecified atom stereocenters. The largest absolute Gasteiger partial charge is 0.351 e. The number of fused-ring (bicyclic) bond motifs is 1. The molecule has 2 aromatic rings. The van der Waals surface area contributed by atoms with E-state index >= 15 is 0 Å². The van der Waals surface area contributed by atoms with Crippen molar-refractivity contribution in [3.05, 3.63) is 35.0 Å². The fourth-order valence-corrected chi connectivity index (χ4v) is 3.45. The lowest BCUT2D eigenvalue weighted by molar-refractivity contribution is 0.0933. The summed E-state index contributed by atoms with van der Waals surface area (Å²) in [5.41, 5.74) is -0.0128. The maximum absolute atomic E-state index is 13.7. The summed E-state index contributed by atoms with van der Waals surface area (Å²) in [5, 5.41) is 3.46. The Morgan fingerprint density at radius 1 is 1.38 bits per heavy atom. The average Bonchev–Trinajstić information content (AvgIpc) is 2.80. The Morgan fingerprint density at radius 3 is 2.71 bits per heavy atom. The van der Waals surface area contributed by atoms with Crippen molar-refractivity contribution in [3.8, 4) is 0 Å². The van der Waals surface area contributed by atoms with E-state index in [1.54, 1.807) is 12.1 Å². The third-order valence-electron chi connectivity index (χ3n) is 3.20. The summed E-state index contributed by atoms with van der Waals surface area (Å²) in [4.78, 5) is 14.9. The smallest absolute Gasteiger partial charge is 0.261 e. The van der Waals surface area contributed by atoms with Gasteiger partial charge in [0.2, 0.25) is 0 Å². The number of amides is 1. The second-order valence-electron chi connectivity index (χ2n) is 6.35. The highest BCUT2D eigenvalue weighted by atomic mass is 32.1. The second kappa shape index (κ2) is 6.12. The van der Waals surface area contributed by atoms with Gasteiger partial charge in [0.25, 0.3) is 5.91 Å². The van der Waals surface area contributed by atoms with Crippen LogP contribution in [0.2, 0.25) is 0 Å². The molecule has 0 aliphatic carbocycles. The molecule has 0 aliphatic heterocycles. The molecule has 0 spiro atoms. The van der Waals surface area contributed by atoms with E-state index in [4.69, 9.17) is 0 Å². The van der Waals surface area contributed by atoms with Gasteiger partial charge >= 0.3 is 0 Å². The number of halogens is 1. The van der Waals surface area contributed by atoms with Crippen LogP contribution in [0, 0.1) is 11.2 Å². The van der Waals surface area contributed by atoms with Crippen molar-refractivity contribution in [2.45, 2.75) is 13.8 Å². The van der Waals surface area contributed by atoms with Crippen molar-refractivity contribution >= 4 is 27.3 Å². The third kappa shape index (κ3) is 4.02. The van der Waals surface area contributed by atoms with Crippen LogP contribution in [-0.4, -0.2) is 38.0 Å². The van der Waals surface area contributed by atoms with E-state index in [-0.39, 0.29) is 17.1 Å². The highest BCUT2D eigenvalue weighted by Crippen LogP contribution is 2.27. The first kappa shape index (κ1) is 15.9. The Labute approximate surface area is 128 Å². The van der Waals surface area contributed by atoms with Gasteiger partial charge in [-0.2, -0.15) is 0 Å². The van der Waals surface area contributed by atoms with Gasteiger partial charge in [-0.3, -0.25) is 4.79 Å². The van der Waals surface area contributed by atoms with Crippen molar-refractivity contribution < 1.29 is 9.18 Å². The Hall–Kier alpha value is -1.46. The summed E-state index contributed by atoms with van der Waals surface area (Å²) in [6.07, 6.45) is 0. The molecular weight excluding hydrogens is 287 g/mol. The molecule has 2 rings (SSSR count). The van der Waals surface area contributed by atoms with E-state index in [0.717, 1.165) is 11.2 Å². The maximum atomic E-state index is 13.7. The molecule has 1 N–H and O–H groups in total. The molecule has 1 aromatic carbocycles. The molecule has 0 radical (unpaired) electrons. The monoisotopic (exact) mass is 308 g/mol. The minimum absolute atomic E-state index is 0.0128. The Balaban J connectivity index is 2.07. The van der Waals surface area contributed by atoms with Crippen LogP contribution in [0.4, 0.5) is 4.39 Å². The van der Waals surface area contributed by atoms with Crippen LogP contribution in [0.1, 0.15) is 23.5 Å². The van der Waals surface area contributed by atoms with Crippen LogP contribution in [0.3, 0.4) is 0 Å². The second-order valence-corrected chi connectivity index (χ2v) is 7.43. The van der Waals surface area contributed by atoms with Gasteiger partial charge in [0, 0.05) is 23.2 Å².